The molecule has 1 saturated heterocycles. The van der Waals surface area contributed by atoms with Crippen molar-refractivity contribution >= 4 is 5.97 Å². The Bertz CT molecular complexity index is 553. The van der Waals surface area contributed by atoms with E-state index in [1.165, 1.54) is 0 Å². The summed E-state index contributed by atoms with van der Waals surface area (Å²) >= 11 is 0. The van der Waals surface area contributed by atoms with Crippen molar-refractivity contribution < 1.29 is 24.5 Å². The van der Waals surface area contributed by atoms with Crippen molar-refractivity contribution in [2.24, 2.45) is 17.3 Å². The van der Waals surface area contributed by atoms with Gasteiger partial charge in [-0.25, -0.2) is 0 Å². The molecule has 0 aromatic heterocycles. The Balaban J connectivity index is 1.96. The summed E-state index contributed by atoms with van der Waals surface area (Å²) in [5, 5.41) is 19.4. The maximum atomic E-state index is 10.7. The largest absolute Gasteiger partial charge is 0.481 e. The van der Waals surface area contributed by atoms with Gasteiger partial charge < -0.3 is 19.7 Å². The minimum Gasteiger partial charge on any atom is -0.481 e. The van der Waals surface area contributed by atoms with E-state index in [1.54, 1.807) is 0 Å². The second kappa shape index (κ2) is 11.9. The standard InChI is InChI=1S/C24H40O5/c1-4-5-14-24(2,3)21(25)13-12-18-17-20-23(29-16-15-28-20)19(18)10-8-6-7-9-11-22(26)27/h6,8,12-13,18-21,23,25H,4-5,7,9-11,14-17H2,1-3H3,(H,26,27). The minimum absolute atomic E-state index is 0.104. The Kier molecular flexibility index (Phi) is 9.87. The summed E-state index contributed by atoms with van der Waals surface area (Å²) in [4.78, 5) is 10.6. The molecule has 0 spiro atoms. The van der Waals surface area contributed by atoms with E-state index in [2.05, 4.69) is 39.0 Å². The summed E-state index contributed by atoms with van der Waals surface area (Å²) in [6.45, 7) is 7.74. The summed E-state index contributed by atoms with van der Waals surface area (Å²) in [6.07, 6.45) is 15.0. The molecule has 1 aliphatic carbocycles. The van der Waals surface area contributed by atoms with Gasteiger partial charge in [-0.15, -0.1) is 0 Å². The Morgan fingerprint density at radius 2 is 1.97 bits per heavy atom. The monoisotopic (exact) mass is 408 g/mol. The lowest BCUT2D eigenvalue weighted by Crippen LogP contribution is -2.37. The Hall–Kier alpha value is -1.17. The van der Waals surface area contributed by atoms with Crippen LogP contribution in [0.3, 0.4) is 0 Å². The van der Waals surface area contributed by atoms with Crippen LogP contribution in [0, 0.1) is 17.3 Å². The van der Waals surface area contributed by atoms with Crippen LogP contribution in [0.25, 0.3) is 0 Å². The molecule has 5 unspecified atom stereocenters. The molecule has 29 heavy (non-hydrogen) atoms. The van der Waals surface area contributed by atoms with Crippen LogP contribution in [-0.4, -0.2) is 47.7 Å². The maximum Gasteiger partial charge on any atom is 0.303 e. The molecular weight excluding hydrogens is 368 g/mol. The number of rotatable bonds is 12. The molecule has 0 aromatic rings. The molecule has 2 fully saturated rings. The zero-order valence-electron chi connectivity index (χ0n) is 18.4. The fourth-order valence-corrected chi connectivity index (χ4v) is 4.44. The second-order valence-electron chi connectivity index (χ2n) is 9.22. The van der Waals surface area contributed by atoms with Gasteiger partial charge in [0.15, 0.2) is 0 Å². The van der Waals surface area contributed by atoms with E-state index in [4.69, 9.17) is 14.6 Å². The molecule has 0 aromatic carbocycles. The quantitative estimate of drug-likeness (QED) is 0.360. The third kappa shape index (κ3) is 7.54. The van der Waals surface area contributed by atoms with Crippen LogP contribution in [0.5, 0.6) is 0 Å². The molecule has 1 aliphatic heterocycles. The number of allylic oxidation sites excluding steroid dienone is 3. The van der Waals surface area contributed by atoms with Gasteiger partial charge in [0.05, 0.1) is 31.5 Å². The molecule has 2 rings (SSSR count). The Morgan fingerprint density at radius 1 is 1.21 bits per heavy atom. The van der Waals surface area contributed by atoms with E-state index in [9.17, 15) is 9.90 Å². The van der Waals surface area contributed by atoms with Crippen molar-refractivity contribution in [1.29, 1.82) is 0 Å². The molecule has 166 valence electrons. The smallest absolute Gasteiger partial charge is 0.303 e. The first-order valence-corrected chi connectivity index (χ1v) is 11.3. The van der Waals surface area contributed by atoms with E-state index < -0.39 is 12.1 Å². The van der Waals surface area contributed by atoms with E-state index in [1.807, 2.05) is 6.08 Å². The lowest BCUT2D eigenvalue weighted by molar-refractivity contribution is -0.137. The van der Waals surface area contributed by atoms with Gasteiger partial charge in [-0.05, 0) is 49.4 Å². The summed E-state index contributed by atoms with van der Waals surface area (Å²) in [5.74, 6) is -0.0861. The number of hydrogen-bond acceptors (Lipinski definition) is 4. The van der Waals surface area contributed by atoms with Gasteiger partial charge in [0.25, 0.3) is 0 Å². The number of fused-ring (bicyclic) bond motifs is 1. The zero-order chi connectivity index (χ0) is 21.3. The molecule has 5 atom stereocenters. The van der Waals surface area contributed by atoms with Gasteiger partial charge >= 0.3 is 5.97 Å². The Labute approximate surface area is 176 Å². The van der Waals surface area contributed by atoms with Gasteiger partial charge in [0.2, 0.25) is 0 Å². The SMILES string of the molecule is CCCCC(C)(C)C(O)C=CC1CC2OCCOC2C1CC=CCCCC(=O)O. The first-order chi connectivity index (χ1) is 13.8. The van der Waals surface area contributed by atoms with E-state index in [-0.39, 0.29) is 24.0 Å². The zero-order valence-corrected chi connectivity index (χ0v) is 18.4. The summed E-state index contributed by atoms with van der Waals surface area (Å²) < 4.78 is 12.0. The van der Waals surface area contributed by atoms with Crippen molar-refractivity contribution in [3.8, 4) is 0 Å². The van der Waals surface area contributed by atoms with Gasteiger partial charge in [-0.1, -0.05) is 57.9 Å². The molecule has 0 radical (unpaired) electrons. The molecule has 1 saturated carbocycles. The highest BCUT2D eigenvalue weighted by Gasteiger charge is 2.44. The number of ether oxygens (including phenoxy) is 2. The summed E-state index contributed by atoms with van der Waals surface area (Å²) in [6, 6.07) is 0. The topological polar surface area (TPSA) is 76.0 Å². The molecule has 5 heteroatoms. The molecular formula is C24H40O5. The molecule has 0 bridgehead atoms. The first-order valence-electron chi connectivity index (χ1n) is 11.3. The fourth-order valence-electron chi connectivity index (χ4n) is 4.44. The van der Waals surface area contributed by atoms with Crippen LogP contribution in [0.15, 0.2) is 24.3 Å². The number of hydrogen-bond donors (Lipinski definition) is 2. The van der Waals surface area contributed by atoms with Crippen molar-refractivity contribution in [2.75, 3.05) is 13.2 Å². The van der Waals surface area contributed by atoms with Crippen LogP contribution >= 0.6 is 0 Å². The highest BCUT2D eigenvalue weighted by Crippen LogP contribution is 2.41. The fraction of sp³-hybridized carbons (Fsp3) is 0.792. The van der Waals surface area contributed by atoms with Gasteiger partial charge in [0, 0.05) is 6.42 Å². The van der Waals surface area contributed by atoms with Crippen LogP contribution in [0.4, 0.5) is 0 Å². The average Bonchev–Trinajstić information content (AvgIpc) is 3.04. The normalized spacial score (nSPS) is 28.8. The first kappa shape index (κ1) is 24.1. The Morgan fingerprint density at radius 3 is 2.69 bits per heavy atom. The average molecular weight is 409 g/mol. The number of carboxylic acids is 1. The molecule has 5 nitrogen and oxygen atoms in total. The van der Waals surface area contributed by atoms with Crippen molar-refractivity contribution in [3.05, 3.63) is 24.3 Å². The van der Waals surface area contributed by atoms with Crippen LogP contribution in [0.2, 0.25) is 0 Å². The molecule has 2 aliphatic rings. The summed E-state index contributed by atoms with van der Waals surface area (Å²) in [5.41, 5.74) is -0.121. The van der Waals surface area contributed by atoms with Crippen LogP contribution in [-0.2, 0) is 14.3 Å². The lowest BCUT2D eigenvalue weighted by atomic mass is 9.80. The minimum atomic E-state index is -0.740. The van der Waals surface area contributed by atoms with Gasteiger partial charge in [-0.2, -0.15) is 0 Å². The number of aliphatic carboxylic acids is 1. The van der Waals surface area contributed by atoms with Crippen LogP contribution < -0.4 is 0 Å². The van der Waals surface area contributed by atoms with Crippen molar-refractivity contribution in [3.63, 3.8) is 0 Å². The molecule has 1 heterocycles. The number of unbranched alkanes of at least 4 members (excludes halogenated alkanes) is 2. The number of aliphatic hydroxyl groups is 1. The van der Waals surface area contributed by atoms with Crippen molar-refractivity contribution in [2.45, 2.75) is 90.4 Å². The highest BCUT2D eigenvalue weighted by atomic mass is 16.6. The van der Waals surface area contributed by atoms with Gasteiger partial charge in [-0.3, -0.25) is 4.79 Å². The third-order valence-electron chi connectivity index (χ3n) is 6.42. The molecule has 2 N–H and O–H groups in total. The number of carbonyl (C=O) groups is 1. The van der Waals surface area contributed by atoms with Gasteiger partial charge in [0.1, 0.15) is 0 Å². The maximum absolute atomic E-state index is 10.7. The van der Waals surface area contributed by atoms with E-state index in [0.29, 0.717) is 31.5 Å². The predicted octanol–water partition coefficient (Wildman–Crippen LogP) is 4.74. The number of aliphatic hydroxyl groups excluding tert-OH is 1. The van der Waals surface area contributed by atoms with Crippen molar-refractivity contribution in [1.82, 2.24) is 0 Å². The highest BCUT2D eigenvalue weighted by molar-refractivity contribution is 5.66. The summed E-state index contributed by atoms with van der Waals surface area (Å²) in [7, 11) is 0. The predicted molar refractivity (Wildman–Crippen MR) is 115 cm³/mol. The third-order valence-corrected chi connectivity index (χ3v) is 6.42. The molecule has 0 amide bonds. The number of carboxylic acid groups (broad SMARTS) is 1. The van der Waals surface area contributed by atoms with E-state index >= 15 is 0 Å². The van der Waals surface area contributed by atoms with Crippen LogP contribution in [0.1, 0.15) is 72.1 Å². The second-order valence-corrected chi connectivity index (χ2v) is 9.22. The lowest BCUT2D eigenvalue weighted by Gasteiger charge is -2.30. The van der Waals surface area contributed by atoms with E-state index in [0.717, 1.165) is 38.5 Å².